The molecule has 0 saturated carbocycles. The Morgan fingerprint density at radius 2 is 1.68 bits per heavy atom. The lowest BCUT2D eigenvalue weighted by molar-refractivity contribution is -0.133. The van der Waals surface area contributed by atoms with Crippen molar-refractivity contribution in [3.05, 3.63) is 29.3 Å². The van der Waals surface area contributed by atoms with Gasteiger partial charge in [0.05, 0.1) is 18.0 Å². The molecule has 1 saturated heterocycles. The zero-order valence-electron chi connectivity index (χ0n) is 13.4. The van der Waals surface area contributed by atoms with Gasteiger partial charge in [-0.2, -0.15) is 4.31 Å². The maximum atomic E-state index is 12.5. The number of nitrogens with two attached hydrogens (primary N) is 1. The summed E-state index contributed by atoms with van der Waals surface area (Å²) in [5, 5.41) is 2.86. The molecule has 1 aliphatic heterocycles. The van der Waals surface area contributed by atoms with E-state index in [4.69, 9.17) is 17.3 Å². The van der Waals surface area contributed by atoms with Gasteiger partial charge >= 0.3 is 0 Å². The fraction of sp³-hybridized carbons (Fsp3) is 0.429. The van der Waals surface area contributed by atoms with Crippen molar-refractivity contribution >= 4 is 45.8 Å². The number of nitrogens with zero attached hydrogens (tertiary/aromatic N) is 2. The summed E-state index contributed by atoms with van der Waals surface area (Å²) >= 11 is 5.77. The highest BCUT2D eigenvalue weighted by molar-refractivity contribution is 7.89. The summed E-state index contributed by atoms with van der Waals surface area (Å²) in [6, 6.07) is 5.96. The van der Waals surface area contributed by atoms with Gasteiger partial charge in [0.2, 0.25) is 21.8 Å². The minimum absolute atomic E-state index is 0. The number of amides is 2. The Labute approximate surface area is 157 Å². The van der Waals surface area contributed by atoms with Crippen molar-refractivity contribution in [2.75, 3.05) is 39.3 Å². The van der Waals surface area contributed by atoms with Crippen molar-refractivity contribution in [2.24, 2.45) is 5.73 Å². The number of halogens is 2. The van der Waals surface area contributed by atoms with Gasteiger partial charge in [0.15, 0.2) is 0 Å². The molecule has 1 aliphatic rings. The SMILES string of the molecule is Cl.NCC(=O)NCC(=O)N1CCN(S(=O)(=O)c2ccc(Cl)cc2)CC1. The van der Waals surface area contributed by atoms with Crippen molar-refractivity contribution < 1.29 is 18.0 Å². The van der Waals surface area contributed by atoms with Crippen LogP contribution < -0.4 is 11.1 Å². The van der Waals surface area contributed by atoms with Crippen LogP contribution in [0.15, 0.2) is 29.2 Å². The Hall–Kier alpha value is -1.39. The van der Waals surface area contributed by atoms with Crippen LogP contribution >= 0.6 is 24.0 Å². The fourth-order valence-electron chi connectivity index (χ4n) is 2.29. The molecule has 0 unspecified atom stereocenters. The van der Waals surface area contributed by atoms with E-state index in [1.54, 1.807) is 0 Å². The van der Waals surface area contributed by atoms with Gasteiger partial charge in [-0.3, -0.25) is 9.59 Å². The van der Waals surface area contributed by atoms with E-state index in [2.05, 4.69) is 5.32 Å². The van der Waals surface area contributed by atoms with Gasteiger partial charge in [-0.1, -0.05) is 11.6 Å². The largest absolute Gasteiger partial charge is 0.346 e. The highest BCUT2D eigenvalue weighted by Crippen LogP contribution is 2.19. The standard InChI is InChI=1S/C14H19ClN4O4S.ClH/c15-11-1-3-12(4-2-11)24(22,23)19-7-5-18(6-8-19)14(21)10-17-13(20)9-16;/h1-4H,5-10,16H2,(H,17,20);1H. The smallest absolute Gasteiger partial charge is 0.243 e. The van der Waals surface area contributed by atoms with Gasteiger partial charge in [-0.25, -0.2) is 8.42 Å². The highest BCUT2D eigenvalue weighted by Gasteiger charge is 2.30. The van der Waals surface area contributed by atoms with Gasteiger partial charge in [0.25, 0.3) is 0 Å². The number of carbonyl (C=O) groups excluding carboxylic acids is 2. The minimum atomic E-state index is -3.61. The summed E-state index contributed by atoms with van der Waals surface area (Å²) in [7, 11) is -3.61. The Morgan fingerprint density at radius 1 is 1.12 bits per heavy atom. The van der Waals surface area contributed by atoms with Crippen molar-refractivity contribution in [2.45, 2.75) is 4.90 Å². The van der Waals surface area contributed by atoms with E-state index in [-0.39, 0.29) is 62.5 Å². The van der Waals surface area contributed by atoms with Gasteiger partial charge in [-0.05, 0) is 24.3 Å². The number of hydrogen-bond acceptors (Lipinski definition) is 5. The third-order valence-electron chi connectivity index (χ3n) is 3.66. The molecule has 0 spiro atoms. The van der Waals surface area contributed by atoms with E-state index in [1.807, 2.05) is 0 Å². The lowest BCUT2D eigenvalue weighted by atomic mass is 10.3. The zero-order valence-corrected chi connectivity index (χ0v) is 15.7. The Balaban J connectivity index is 0.00000312. The van der Waals surface area contributed by atoms with Crippen LogP contribution in [0.1, 0.15) is 0 Å². The third-order valence-corrected chi connectivity index (χ3v) is 5.83. The summed E-state index contributed by atoms with van der Waals surface area (Å²) in [6.45, 7) is 0.609. The minimum Gasteiger partial charge on any atom is -0.346 e. The molecule has 1 aromatic rings. The molecule has 2 amide bonds. The first-order chi connectivity index (χ1) is 11.3. The van der Waals surface area contributed by atoms with E-state index >= 15 is 0 Å². The van der Waals surface area contributed by atoms with E-state index in [0.29, 0.717) is 5.02 Å². The molecule has 0 atom stereocenters. The lowest BCUT2D eigenvalue weighted by Gasteiger charge is -2.34. The molecule has 140 valence electrons. The number of piperazine rings is 1. The molecule has 25 heavy (non-hydrogen) atoms. The van der Waals surface area contributed by atoms with Crippen molar-refractivity contribution in [1.82, 2.24) is 14.5 Å². The number of hydrogen-bond donors (Lipinski definition) is 2. The predicted octanol–water partition coefficient (Wildman–Crippen LogP) is -0.330. The maximum Gasteiger partial charge on any atom is 0.243 e. The molecule has 8 nitrogen and oxygen atoms in total. The van der Waals surface area contributed by atoms with E-state index < -0.39 is 15.9 Å². The first-order valence-corrected chi connectivity index (χ1v) is 9.16. The molecular weight excluding hydrogens is 391 g/mol. The second-order valence-corrected chi connectivity index (χ2v) is 7.59. The molecule has 1 aromatic carbocycles. The van der Waals surface area contributed by atoms with Crippen LogP contribution in [0.2, 0.25) is 5.02 Å². The number of benzene rings is 1. The topological polar surface area (TPSA) is 113 Å². The van der Waals surface area contributed by atoms with E-state index in [0.717, 1.165) is 0 Å². The Bertz CT molecular complexity index is 704. The molecule has 0 aromatic heterocycles. The number of carbonyl (C=O) groups is 2. The summed E-state index contributed by atoms with van der Waals surface area (Å²) in [5.74, 6) is -0.673. The number of rotatable bonds is 5. The number of nitrogens with one attached hydrogen (secondary N) is 1. The quantitative estimate of drug-likeness (QED) is 0.689. The van der Waals surface area contributed by atoms with Crippen molar-refractivity contribution in [3.8, 4) is 0 Å². The van der Waals surface area contributed by atoms with Crippen LogP contribution in [0.4, 0.5) is 0 Å². The molecule has 1 heterocycles. The molecule has 3 N–H and O–H groups in total. The monoisotopic (exact) mass is 410 g/mol. The Kier molecular flexibility index (Phi) is 8.10. The summed E-state index contributed by atoms with van der Waals surface area (Å²) in [5.41, 5.74) is 5.15. The zero-order chi connectivity index (χ0) is 17.7. The van der Waals surface area contributed by atoms with Gasteiger partial charge < -0.3 is 16.0 Å². The van der Waals surface area contributed by atoms with Crippen molar-refractivity contribution in [1.29, 1.82) is 0 Å². The Morgan fingerprint density at radius 3 is 2.20 bits per heavy atom. The fourth-order valence-corrected chi connectivity index (χ4v) is 3.84. The second kappa shape index (κ2) is 9.35. The summed E-state index contributed by atoms with van der Waals surface area (Å²) < 4.78 is 26.4. The number of sulfonamides is 1. The van der Waals surface area contributed by atoms with Crippen LogP contribution in [0.25, 0.3) is 0 Å². The van der Waals surface area contributed by atoms with E-state index in [9.17, 15) is 18.0 Å². The van der Waals surface area contributed by atoms with Gasteiger partial charge in [0.1, 0.15) is 0 Å². The highest BCUT2D eigenvalue weighted by atomic mass is 35.5. The van der Waals surface area contributed by atoms with Crippen LogP contribution in [0.3, 0.4) is 0 Å². The molecule has 0 aliphatic carbocycles. The van der Waals surface area contributed by atoms with Crippen LogP contribution in [0.5, 0.6) is 0 Å². The molecule has 0 bridgehead atoms. The lowest BCUT2D eigenvalue weighted by Crippen LogP contribution is -2.52. The predicted molar refractivity (Wildman–Crippen MR) is 96.1 cm³/mol. The van der Waals surface area contributed by atoms with Gasteiger partial charge in [-0.15, -0.1) is 12.4 Å². The van der Waals surface area contributed by atoms with Crippen LogP contribution in [-0.2, 0) is 19.6 Å². The molecule has 1 fully saturated rings. The van der Waals surface area contributed by atoms with Crippen LogP contribution in [0, 0.1) is 0 Å². The molecule has 2 rings (SSSR count). The summed E-state index contributed by atoms with van der Waals surface area (Å²) in [4.78, 5) is 24.7. The normalized spacial score (nSPS) is 15.4. The van der Waals surface area contributed by atoms with Crippen molar-refractivity contribution in [3.63, 3.8) is 0 Å². The van der Waals surface area contributed by atoms with Gasteiger partial charge in [0, 0.05) is 31.2 Å². The summed E-state index contributed by atoms with van der Waals surface area (Å²) in [6.07, 6.45) is 0. The van der Waals surface area contributed by atoms with E-state index in [1.165, 1.54) is 33.5 Å². The average Bonchev–Trinajstić information content (AvgIpc) is 2.59. The van der Waals surface area contributed by atoms with Crippen LogP contribution in [-0.4, -0.2) is 68.7 Å². The molecule has 0 radical (unpaired) electrons. The molecule has 11 heteroatoms. The third kappa shape index (κ3) is 5.55. The first-order valence-electron chi connectivity index (χ1n) is 7.35. The maximum absolute atomic E-state index is 12.5. The first kappa shape index (κ1) is 21.7. The second-order valence-electron chi connectivity index (χ2n) is 5.22. The average molecular weight is 411 g/mol. The molecular formula is C14H20Cl2N4O4S.